The van der Waals surface area contributed by atoms with E-state index in [4.69, 9.17) is 5.26 Å². The molecule has 0 aliphatic rings. The number of rotatable bonds is 4. The standard InChI is InChI=1S/C13H20N4/c1-8(2)15-12-6-10(5)11(7-14)13(17-12)16-9(3)4/h6,8-9H,1-5H3,(H2,15,16,17). The number of nitrogens with zero attached hydrogens (tertiary/aromatic N) is 2. The maximum Gasteiger partial charge on any atom is 0.146 e. The van der Waals surface area contributed by atoms with Crippen LogP contribution < -0.4 is 10.6 Å². The molecule has 0 bridgehead atoms. The first-order valence-corrected chi connectivity index (χ1v) is 5.88. The summed E-state index contributed by atoms with van der Waals surface area (Å²) in [6, 6.07) is 4.68. The number of hydrogen-bond donors (Lipinski definition) is 2. The molecule has 1 rings (SSSR count). The molecule has 17 heavy (non-hydrogen) atoms. The molecule has 2 N–H and O–H groups in total. The van der Waals surface area contributed by atoms with E-state index in [1.165, 1.54) is 0 Å². The van der Waals surface area contributed by atoms with E-state index < -0.39 is 0 Å². The molecule has 4 nitrogen and oxygen atoms in total. The van der Waals surface area contributed by atoms with Crippen molar-refractivity contribution in [3.8, 4) is 6.07 Å². The molecule has 0 saturated carbocycles. The minimum absolute atomic E-state index is 0.253. The molecule has 0 aliphatic heterocycles. The van der Waals surface area contributed by atoms with E-state index in [-0.39, 0.29) is 6.04 Å². The van der Waals surface area contributed by atoms with Gasteiger partial charge >= 0.3 is 0 Å². The van der Waals surface area contributed by atoms with Crippen molar-refractivity contribution in [3.05, 3.63) is 17.2 Å². The van der Waals surface area contributed by atoms with E-state index in [2.05, 4.69) is 35.5 Å². The minimum Gasteiger partial charge on any atom is -0.368 e. The fraction of sp³-hybridized carbons (Fsp3) is 0.538. The Balaban J connectivity index is 3.15. The van der Waals surface area contributed by atoms with Crippen molar-refractivity contribution in [2.75, 3.05) is 10.6 Å². The molecule has 0 radical (unpaired) electrons. The van der Waals surface area contributed by atoms with E-state index in [1.807, 2.05) is 26.8 Å². The van der Waals surface area contributed by atoms with Gasteiger partial charge in [-0.2, -0.15) is 5.26 Å². The van der Waals surface area contributed by atoms with Gasteiger partial charge in [0.15, 0.2) is 0 Å². The number of nitrogens with one attached hydrogen (secondary N) is 2. The summed E-state index contributed by atoms with van der Waals surface area (Å²) in [6.07, 6.45) is 0. The van der Waals surface area contributed by atoms with Gasteiger partial charge in [-0.1, -0.05) is 0 Å². The largest absolute Gasteiger partial charge is 0.368 e. The summed E-state index contributed by atoms with van der Waals surface area (Å²) in [5.41, 5.74) is 1.56. The van der Waals surface area contributed by atoms with E-state index in [0.717, 1.165) is 11.4 Å². The molecule has 0 saturated heterocycles. The summed E-state index contributed by atoms with van der Waals surface area (Å²) in [5.74, 6) is 1.46. The van der Waals surface area contributed by atoms with E-state index in [0.29, 0.717) is 17.4 Å². The summed E-state index contributed by atoms with van der Waals surface area (Å²) in [7, 11) is 0. The quantitative estimate of drug-likeness (QED) is 0.838. The van der Waals surface area contributed by atoms with Crippen molar-refractivity contribution in [2.45, 2.75) is 46.7 Å². The number of pyridine rings is 1. The highest BCUT2D eigenvalue weighted by atomic mass is 15.1. The third-order valence-electron chi connectivity index (χ3n) is 2.19. The van der Waals surface area contributed by atoms with Crippen LogP contribution in [0.3, 0.4) is 0 Å². The Morgan fingerprint density at radius 3 is 2.24 bits per heavy atom. The van der Waals surface area contributed by atoms with Gasteiger partial charge in [0.1, 0.15) is 17.7 Å². The molecule has 0 fully saturated rings. The molecule has 1 heterocycles. The Bertz CT molecular complexity index is 430. The fourth-order valence-corrected chi connectivity index (χ4v) is 1.56. The lowest BCUT2D eigenvalue weighted by Crippen LogP contribution is -2.16. The van der Waals surface area contributed by atoms with Crippen LogP contribution in [0.4, 0.5) is 11.6 Å². The van der Waals surface area contributed by atoms with Gasteiger partial charge in [0.25, 0.3) is 0 Å². The van der Waals surface area contributed by atoms with Crippen molar-refractivity contribution in [1.82, 2.24) is 4.98 Å². The summed E-state index contributed by atoms with van der Waals surface area (Å²) in [4.78, 5) is 4.44. The zero-order chi connectivity index (χ0) is 13.0. The molecule has 0 unspecified atom stereocenters. The van der Waals surface area contributed by atoms with Crippen LogP contribution >= 0.6 is 0 Å². The van der Waals surface area contributed by atoms with Crippen LogP contribution in [0.2, 0.25) is 0 Å². The van der Waals surface area contributed by atoms with Crippen molar-refractivity contribution in [1.29, 1.82) is 5.26 Å². The highest BCUT2D eigenvalue weighted by molar-refractivity contribution is 5.61. The monoisotopic (exact) mass is 232 g/mol. The zero-order valence-corrected chi connectivity index (χ0v) is 11.1. The molecular weight excluding hydrogens is 212 g/mol. The lowest BCUT2D eigenvalue weighted by molar-refractivity contribution is 0.872. The molecule has 0 aliphatic carbocycles. The van der Waals surface area contributed by atoms with Crippen LogP contribution in [0.15, 0.2) is 6.07 Å². The molecule has 1 aromatic rings. The topological polar surface area (TPSA) is 60.7 Å². The first-order chi connectivity index (χ1) is 7.93. The molecule has 92 valence electrons. The van der Waals surface area contributed by atoms with Gasteiger partial charge in [-0.15, -0.1) is 0 Å². The SMILES string of the molecule is Cc1cc(NC(C)C)nc(NC(C)C)c1C#N. The molecule has 4 heteroatoms. The lowest BCUT2D eigenvalue weighted by atomic mass is 10.1. The average molecular weight is 232 g/mol. The minimum atomic E-state index is 0.253. The zero-order valence-electron chi connectivity index (χ0n) is 11.1. The third-order valence-corrected chi connectivity index (χ3v) is 2.19. The Kier molecular flexibility index (Phi) is 4.33. The molecule has 0 amide bonds. The van der Waals surface area contributed by atoms with E-state index in [9.17, 15) is 0 Å². The highest BCUT2D eigenvalue weighted by Crippen LogP contribution is 2.21. The fourth-order valence-electron chi connectivity index (χ4n) is 1.56. The smallest absolute Gasteiger partial charge is 0.146 e. The summed E-state index contributed by atoms with van der Waals surface area (Å²) in [6.45, 7) is 10.1. The predicted molar refractivity (Wildman–Crippen MR) is 71.2 cm³/mol. The van der Waals surface area contributed by atoms with Gasteiger partial charge in [-0.05, 0) is 46.2 Å². The van der Waals surface area contributed by atoms with Crippen LogP contribution in [-0.2, 0) is 0 Å². The Hall–Kier alpha value is -1.76. The Morgan fingerprint density at radius 1 is 1.18 bits per heavy atom. The van der Waals surface area contributed by atoms with E-state index in [1.54, 1.807) is 0 Å². The number of anilines is 2. The van der Waals surface area contributed by atoms with Crippen LogP contribution in [-0.4, -0.2) is 17.1 Å². The van der Waals surface area contributed by atoms with Crippen LogP contribution in [0, 0.1) is 18.3 Å². The summed E-state index contributed by atoms with van der Waals surface area (Å²) < 4.78 is 0. The van der Waals surface area contributed by atoms with E-state index >= 15 is 0 Å². The molecule has 0 aromatic carbocycles. The normalized spacial score (nSPS) is 10.5. The molecule has 1 aromatic heterocycles. The van der Waals surface area contributed by atoms with Gasteiger partial charge in [0.2, 0.25) is 0 Å². The number of aromatic nitrogens is 1. The van der Waals surface area contributed by atoms with Gasteiger partial charge in [-0.25, -0.2) is 4.98 Å². The van der Waals surface area contributed by atoms with Crippen molar-refractivity contribution in [3.63, 3.8) is 0 Å². The van der Waals surface area contributed by atoms with Crippen molar-refractivity contribution in [2.24, 2.45) is 0 Å². The Morgan fingerprint density at radius 2 is 1.76 bits per heavy atom. The average Bonchev–Trinajstić information content (AvgIpc) is 2.14. The Labute approximate surface area is 103 Å². The predicted octanol–water partition coefficient (Wildman–Crippen LogP) is 2.90. The maximum atomic E-state index is 9.13. The van der Waals surface area contributed by atoms with Crippen LogP contribution in [0.25, 0.3) is 0 Å². The van der Waals surface area contributed by atoms with Gasteiger partial charge < -0.3 is 10.6 Å². The highest BCUT2D eigenvalue weighted by Gasteiger charge is 2.11. The molecule has 0 spiro atoms. The van der Waals surface area contributed by atoms with Crippen LogP contribution in [0.5, 0.6) is 0 Å². The third kappa shape index (κ3) is 3.63. The first-order valence-electron chi connectivity index (χ1n) is 5.88. The second-order valence-electron chi connectivity index (χ2n) is 4.76. The van der Waals surface area contributed by atoms with Crippen molar-refractivity contribution >= 4 is 11.6 Å². The van der Waals surface area contributed by atoms with Gasteiger partial charge in [-0.3, -0.25) is 0 Å². The first kappa shape index (κ1) is 13.3. The number of nitriles is 1. The summed E-state index contributed by atoms with van der Waals surface area (Å²) in [5, 5.41) is 15.6. The van der Waals surface area contributed by atoms with Crippen molar-refractivity contribution < 1.29 is 0 Å². The molecule has 0 atom stereocenters. The van der Waals surface area contributed by atoms with Gasteiger partial charge in [0, 0.05) is 12.1 Å². The molecular formula is C13H20N4. The van der Waals surface area contributed by atoms with Crippen LogP contribution in [0.1, 0.15) is 38.8 Å². The number of hydrogen-bond acceptors (Lipinski definition) is 4. The summed E-state index contributed by atoms with van der Waals surface area (Å²) >= 11 is 0. The maximum absolute atomic E-state index is 9.13. The lowest BCUT2D eigenvalue weighted by Gasteiger charge is -2.16. The second-order valence-corrected chi connectivity index (χ2v) is 4.76. The second kappa shape index (κ2) is 5.53. The number of aryl methyl sites for hydroxylation is 1. The van der Waals surface area contributed by atoms with Gasteiger partial charge in [0.05, 0.1) is 5.56 Å².